The average molecular weight is 353 g/mol. The molecule has 1 atom stereocenters. The summed E-state index contributed by atoms with van der Waals surface area (Å²) in [6, 6.07) is 11.3. The van der Waals surface area contributed by atoms with Gasteiger partial charge in [-0.25, -0.2) is 9.20 Å². The zero-order valence-electron chi connectivity index (χ0n) is 14.2. The summed E-state index contributed by atoms with van der Waals surface area (Å²) in [5, 5.41) is 11.2. The fraction of sp³-hybridized carbons (Fsp3) is 0.333. The third-order valence-corrected chi connectivity index (χ3v) is 4.40. The number of nitrogens with one attached hydrogen (secondary N) is 1. The molecular formula is C18H19N5O3. The van der Waals surface area contributed by atoms with E-state index in [4.69, 9.17) is 4.74 Å². The first-order chi connectivity index (χ1) is 12.7. The summed E-state index contributed by atoms with van der Waals surface area (Å²) in [6.07, 6.45) is 3.47. The van der Waals surface area contributed by atoms with Gasteiger partial charge in [0.25, 0.3) is 5.56 Å². The molecule has 1 N–H and O–H groups in total. The molecule has 1 aliphatic rings. The van der Waals surface area contributed by atoms with Crippen LogP contribution < -0.4 is 10.9 Å². The summed E-state index contributed by atoms with van der Waals surface area (Å²) in [6.45, 7) is 1.07. The van der Waals surface area contributed by atoms with Gasteiger partial charge in [-0.15, -0.1) is 0 Å². The molecule has 0 radical (unpaired) electrons. The van der Waals surface area contributed by atoms with Crippen LogP contribution in [0.1, 0.15) is 12.8 Å². The molecule has 0 bridgehead atoms. The van der Waals surface area contributed by atoms with Crippen LogP contribution in [-0.2, 0) is 16.1 Å². The molecule has 0 unspecified atom stereocenters. The maximum atomic E-state index is 12.6. The second-order valence-corrected chi connectivity index (χ2v) is 6.26. The van der Waals surface area contributed by atoms with Crippen LogP contribution >= 0.6 is 0 Å². The number of hydrogen-bond acceptors (Lipinski definition) is 5. The van der Waals surface area contributed by atoms with Gasteiger partial charge in [-0.1, -0.05) is 30.3 Å². The highest BCUT2D eigenvalue weighted by Gasteiger charge is 2.17. The quantitative estimate of drug-likeness (QED) is 0.734. The monoisotopic (exact) mass is 353 g/mol. The number of rotatable bonds is 5. The van der Waals surface area contributed by atoms with Crippen LogP contribution in [0.2, 0.25) is 0 Å². The lowest BCUT2D eigenvalue weighted by atomic mass is 10.1. The van der Waals surface area contributed by atoms with Crippen molar-refractivity contribution >= 4 is 11.4 Å². The van der Waals surface area contributed by atoms with E-state index in [1.807, 2.05) is 30.3 Å². The minimum Gasteiger partial charge on any atom is -0.376 e. The number of carbonyl (C=O) groups excluding carboxylic acids is 1. The average Bonchev–Trinajstić information content (AvgIpc) is 3.33. The lowest BCUT2D eigenvalue weighted by Crippen LogP contribution is -2.37. The Kier molecular flexibility index (Phi) is 4.49. The van der Waals surface area contributed by atoms with Crippen LogP contribution in [0.3, 0.4) is 0 Å². The van der Waals surface area contributed by atoms with Gasteiger partial charge in [-0.3, -0.25) is 9.59 Å². The third-order valence-electron chi connectivity index (χ3n) is 4.40. The second-order valence-electron chi connectivity index (χ2n) is 6.26. The van der Waals surface area contributed by atoms with Gasteiger partial charge >= 0.3 is 0 Å². The van der Waals surface area contributed by atoms with Crippen molar-refractivity contribution in [1.29, 1.82) is 0 Å². The van der Waals surface area contributed by atoms with Crippen LogP contribution in [0.5, 0.6) is 0 Å². The molecule has 2 aromatic heterocycles. The largest absolute Gasteiger partial charge is 0.376 e. The molecule has 0 spiro atoms. The Hall–Kier alpha value is -3.00. The van der Waals surface area contributed by atoms with Crippen molar-refractivity contribution in [2.24, 2.45) is 0 Å². The lowest BCUT2D eigenvalue weighted by Gasteiger charge is -2.11. The molecule has 26 heavy (non-hydrogen) atoms. The van der Waals surface area contributed by atoms with Gasteiger partial charge in [0, 0.05) is 18.7 Å². The highest BCUT2D eigenvalue weighted by molar-refractivity contribution is 5.75. The maximum absolute atomic E-state index is 12.6. The van der Waals surface area contributed by atoms with E-state index in [9.17, 15) is 9.59 Å². The van der Waals surface area contributed by atoms with Crippen LogP contribution in [0.25, 0.3) is 16.8 Å². The zero-order valence-corrected chi connectivity index (χ0v) is 14.2. The minimum atomic E-state index is -0.352. The Balaban J connectivity index is 1.52. The second kappa shape index (κ2) is 7.09. The van der Waals surface area contributed by atoms with Crippen LogP contribution in [0, 0.1) is 0 Å². The van der Waals surface area contributed by atoms with Crippen molar-refractivity contribution in [3.05, 3.63) is 53.1 Å². The lowest BCUT2D eigenvalue weighted by molar-refractivity contribution is -0.122. The van der Waals surface area contributed by atoms with Crippen molar-refractivity contribution in [3.8, 4) is 11.3 Å². The highest BCUT2D eigenvalue weighted by Crippen LogP contribution is 2.17. The molecule has 4 rings (SSSR count). The van der Waals surface area contributed by atoms with E-state index < -0.39 is 0 Å². The first-order valence-electron chi connectivity index (χ1n) is 8.60. The number of nitrogens with zero attached hydrogens (tertiary/aromatic N) is 4. The fourth-order valence-electron chi connectivity index (χ4n) is 3.03. The molecule has 1 aliphatic heterocycles. The van der Waals surface area contributed by atoms with Crippen LogP contribution in [0.15, 0.2) is 47.5 Å². The molecule has 0 aliphatic carbocycles. The fourth-order valence-corrected chi connectivity index (χ4v) is 3.03. The van der Waals surface area contributed by atoms with Crippen molar-refractivity contribution in [2.45, 2.75) is 25.5 Å². The number of aromatic nitrogens is 4. The van der Waals surface area contributed by atoms with E-state index >= 15 is 0 Å². The topological polar surface area (TPSA) is 90.5 Å². The molecule has 1 saturated heterocycles. The van der Waals surface area contributed by atoms with Gasteiger partial charge in [-0.2, -0.15) is 10.2 Å². The van der Waals surface area contributed by atoms with Gasteiger partial charge in [-0.05, 0) is 18.9 Å². The summed E-state index contributed by atoms with van der Waals surface area (Å²) in [5.41, 5.74) is 1.63. The van der Waals surface area contributed by atoms with Crippen LogP contribution in [0.4, 0.5) is 0 Å². The Bertz CT molecular complexity index is 973. The van der Waals surface area contributed by atoms with E-state index in [1.54, 1.807) is 6.07 Å². The third kappa shape index (κ3) is 3.36. The summed E-state index contributed by atoms with van der Waals surface area (Å²) >= 11 is 0. The van der Waals surface area contributed by atoms with Gasteiger partial charge in [0.2, 0.25) is 5.91 Å². The van der Waals surface area contributed by atoms with Gasteiger partial charge < -0.3 is 10.1 Å². The first kappa shape index (κ1) is 16.5. The van der Waals surface area contributed by atoms with Crippen molar-refractivity contribution < 1.29 is 9.53 Å². The molecule has 134 valence electrons. The molecule has 1 amide bonds. The summed E-state index contributed by atoms with van der Waals surface area (Å²) < 4.78 is 8.05. The van der Waals surface area contributed by atoms with E-state index in [1.165, 1.54) is 10.8 Å². The van der Waals surface area contributed by atoms with E-state index in [2.05, 4.69) is 15.5 Å². The van der Waals surface area contributed by atoms with Gasteiger partial charge in [0.1, 0.15) is 18.4 Å². The summed E-state index contributed by atoms with van der Waals surface area (Å²) in [7, 11) is 0. The van der Waals surface area contributed by atoms with Crippen molar-refractivity contribution in [1.82, 2.24) is 24.7 Å². The standard InChI is InChI=1S/C18H19N5O3/c24-17(19-10-14-7-4-8-26-14)11-22-18(25)16-9-15(21-23(16)12-20-22)13-5-2-1-3-6-13/h1-3,5-6,9,12,14H,4,7-8,10-11H2,(H,19,24)/t14-/m1/s1. The number of benzene rings is 1. The van der Waals surface area contributed by atoms with E-state index in [0.717, 1.165) is 29.7 Å². The molecule has 3 aromatic rings. The molecule has 1 aromatic carbocycles. The predicted octanol–water partition coefficient (Wildman–Crippen LogP) is 0.853. The molecule has 1 fully saturated rings. The van der Waals surface area contributed by atoms with Crippen molar-refractivity contribution in [3.63, 3.8) is 0 Å². The molecule has 8 heteroatoms. The van der Waals surface area contributed by atoms with Gasteiger partial charge in [0.05, 0.1) is 11.8 Å². The normalized spacial score (nSPS) is 16.8. The highest BCUT2D eigenvalue weighted by atomic mass is 16.5. The minimum absolute atomic E-state index is 0.0642. The summed E-state index contributed by atoms with van der Waals surface area (Å²) in [4.78, 5) is 24.7. The van der Waals surface area contributed by atoms with Crippen molar-refractivity contribution in [2.75, 3.05) is 13.2 Å². The predicted molar refractivity (Wildman–Crippen MR) is 94.7 cm³/mol. The Labute approximate surface area is 149 Å². The van der Waals surface area contributed by atoms with E-state index in [-0.39, 0.29) is 24.1 Å². The molecule has 8 nitrogen and oxygen atoms in total. The number of hydrogen-bond donors (Lipinski definition) is 1. The Morgan fingerprint density at radius 1 is 1.31 bits per heavy atom. The Morgan fingerprint density at radius 2 is 2.15 bits per heavy atom. The van der Waals surface area contributed by atoms with Crippen LogP contribution in [-0.4, -0.2) is 44.6 Å². The van der Waals surface area contributed by atoms with E-state index in [0.29, 0.717) is 17.8 Å². The first-order valence-corrected chi connectivity index (χ1v) is 8.60. The smallest absolute Gasteiger partial charge is 0.293 e. The van der Waals surface area contributed by atoms with Gasteiger partial charge in [0.15, 0.2) is 0 Å². The molecule has 3 heterocycles. The molecule has 0 saturated carbocycles. The Morgan fingerprint density at radius 3 is 2.92 bits per heavy atom. The number of ether oxygens (including phenoxy) is 1. The zero-order chi connectivity index (χ0) is 17.9. The number of fused-ring (bicyclic) bond motifs is 1. The number of amides is 1. The maximum Gasteiger partial charge on any atom is 0.293 e. The molecular weight excluding hydrogens is 334 g/mol. The SMILES string of the molecule is O=C(Cn1ncn2nc(-c3ccccc3)cc2c1=O)NC[C@H]1CCCO1. The summed E-state index contributed by atoms with van der Waals surface area (Å²) in [5.74, 6) is -0.262. The number of carbonyl (C=O) groups is 1.